The summed E-state index contributed by atoms with van der Waals surface area (Å²) in [4.78, 5) is 0. The molecule has 1 unspecified atom stereocenters. The van der Waals surface area contributed by atoms with E-state index in [9.17, 15) is 4.39 Å². The molecule has 1 atom stereocenters. The smallest absolute Gasteiger partial charge is 0.0906 e. The van der Waals surface area contributed by atoms with E-state index in [1.807, 2.05) is 6.07 Å². The normalized spacial score (nSPS) is 18.8. The molecular formula is C12H14Cl2FN. The average molecular weight is 262 g/mol. The highest BCUT2D eigenvalue weighted by Crippen LogP contribution is 2.38. The molecule has 0 heterocycles. The standard InChI is InChI=1S/C12H14Cl2FN/c13-9-6-8-2-3-11(16-5-1-4-15)12(8)10(14)7-9/h6-7,11,16H,1-5H2. The number of aryl methyl sites for hydroxylation is 1. The molecule has 0 saturated carbocycles. The summed E-state index contributed by atoms with van der Waals surface area (Å²) in [6.07, 6.45) is 2.56. The van der Waals surface area contributed by atoms with Crippen molar-refractivity contribution in [1.82, 2.24) is 5.32 Å². The summed E-state index contributed by atoms with van der Waals surface area (Å²) in [5.74, 6) is 0. The molecule has 1 aromatic carbocycles. The van der Waals surface area contributed by atoms with E-state index >= 15 is 0 Å². The summed E-state index contributed by atoms with van der Waals surface area (Å²) in [5, 5.41) is 4.74. The molecule has 0 amide bonds. The van der Waals surface area contributed by atoms with Crippen LogP contribution in [0.4, 0.5) is 4.39 Å². The lowest BCUT2D eigenvalue weighted by molar-refractivity contribution is 0.438. The fourth-order valence-electron chi connectivity index (χ4n) is 2.23. The van der Waals surface area contributed by atoms with Crippen LogP contribution < -0.4 is 5.32 Å². The monoisotopic (exact) mass is 261 g/mol. The largest absolute Gasteiger partial charge is 0.310 e. The molecule has 88 valence electrons. The predicted octanol–water partition coefficient (Wildman–Crippen LogP) is 3.93. The summed E-state index contributed by atoms with van der Waals surface area (Å²) >= 11 is 12.1. The van der Waals surface area contributed by atoms with Crippen molar-refractivity contribution in [1.29, 1.82) is 0 Å². The number of fused-ring (bicyclic) bond motifs is 1. The number of nitrogens with one attached hydrogen (secondary N) is 1. The van der Waals surface area contributed by atoms with Crippen molar-refractivity contribution in [3.05, 3.63) is 33.3 Å². The Kier molecular flexibility index (Phi) is 4.06. The van der Waals surface area contributed by atoms with E-state index in [1.165, 1.54) is 5.56 Å². The SMILES string of the molecule is FCCCNC1CCc2cc(Cl)cc(Cl)c21. The van der Waals surface area contributed by atoms with Gasteiger partial charge >= 0.3 is 0 Å². The van der Waals surface area contributed by atoms with E-state index in [0.717, 1.165) is 23.4 Å². The molecule has 1 nitrogen and oxygen atoms in total. The number of alkyl halides is 1. The Morgan fingerprint density at radius 2 is 2.19 bits per heavy atom. The van der Waals surface area contributed by atoms with Crippen LogP contribution in [0.25, 0.3) is 0 Å². The van der Waals surface area contributed by atoms with E-state index < -0.39 is 0 Å². The van der Waals surface area contributed by atoms with E-state index in [4.69, 9.17) is 23.2 Å². The minimum Gasteiger partial charge on any atom is -0.310 e. The molecule has 0 aliphatic heterocycles. The first-order valence-electron chi connectivity index (χ1n) is 5.49. The van der Waals surface area contributed by atoms with Gasteiger partial charge in [-0.3, -0.25) is 4.39 Å². The number of hydrogen-bond acceptors (Lipinski definition) is 1. The van der Waals surface area contributed by atoms with Gasteiger partial charge in [-0.05, 0) is 49.1 Å². The Hall–Kier alpha value is -0.310. The van der Waals surface area contributed by atoms with Crippen molar-refractivity contribution in [3.63, 3.8) is 0 Å². The molecule has 0 spiro atoms. The predicted molar refractivity (Wildman–Crippen MR) is 66.1 cm³/mol. The van der Waals surface area contributed by atoms with Crippen LogP contribution in [-0.4, -0.2) is 13.2 Å². The second-order valence-electron chi connectivity index (χ2n) is 4.05. The molecule has 16 heavy (non-hydrogen) atoms. The van der Waals surface area contributed by atoms with Gasteiger partial charge in [0.2, 0.25) is 0 Å². The van der Waals surface area contributed by atoms with Gasteiger partial charge in [-0.15, -0.1) is 0 Å². The van der Waals surface area contributed by atoms with Crippen LogP contribution in [0.2, 0.25) is 10.0 Å². The van der Waals surface area contributed by atoms with E-state index in [1.54, 1.807) is 6.07 Å². The lowest BCUT2D eigenvalue weighted by Gasteiger charge is -2.15. The summed E-state index contributed by atoms with van der Waals surface area (Å²) in [5.41, 5.74) is 2.36. The van der Waals surface area contributed by atoms with Crippen LogP contribution in [0.3, 0.4) is 0 Å². The summed E-state index contributed by atoms with van der Waals surface area (Å²) < 4.78 is 12.0. The molecule has 1 aromatic rings. The van der Waals surface area contributed by atoms with Crippen LogP contribution >= 0.6 is 23.2 Å². The highest BCUT2D eigenvalue weighted by atomic mass is 35.5. The fraction of sp³-hybridized carbons (Fsp3) is 0.500. The van der Waals surface area contributed by atoms with Gasteiger partial charge in [0.05, 0.1) is 6.67 Å². The lowest BCUT2D eigenvalue weighted by Crippen LogP contribution is -2.21. The van der Waals surface area contributed by atoms with Gasteiger partial charge in [0.25, 0.3) is 0 Å². The highest BCUT2D eigenvalue weighted by molar-refractivity contribution is 6.35. The Balaban J connectivity index is 2.13. The Morgan fingerprint density at radius 1 is 1.38 bits per heavy atom. The van der Waals surface area contributed by atoms with Crippen LogP contribution in [-0.2, 0) is 6.42 Å². The van der Waals surface area contributed by atoms with Gasteiger partial charge in [0, 0.05) is 16.1 Å². The number of hydrogen-bond donors (Lipinski definition) is 1. The molecule has 1 aliphatic rings. The lowest BCUT2D eigenvalue weighted by atomic mass is 10.1. The molecule has 0 bridgehead atoms. The maximum Gasteiger partial charge on any atom is 0.0906 e. The van der Waals surface area contributed by atoms with Crippen molar-refractivity contribution < 1.29 is 4.39 Å². The zero-order valence-electron chi connectivity index (χ0n) is 8.90. The maximum atomic E-state index is 12.0. The molecule has 0 radical (unpaired) electrons. The van der Waals surface area contributed by atoms with Crippen molar-refractivity contribution >= 4 is 23.2 Å². The fourth-order valence-corrected chi connectivity index (χ4v) is 2.89. The molecule has 0 aromatic heterocycles. The van der Waals surface area contributed by atoms with Crippen molar-refractivity contribution in [2.24, 2.45) is 0 Å². The Bertz CT molecular complexity index is 382. The third-order valence-electron chi connectivity index (χ3n) is 2.93. The van der Waals surface area contributed by atoms with Crippen molar-refractivity contribution in [2.45, 2.75) is 25.3 Å². The van der Waals surface area contributed by atoms with Gasteiger partial charge in [0.15, 0.2) is 0 Å². The van der Waals surface area contributed by atoms with Crippen LogP contribution in [0.15, 0.2) is 12.1 Å². The molecule has 4 heteroatoms. The van der Waals surface area contributed by atoms with Crippen LogP contribution in [0.5, 0.6) is 0 Å². The first-order chi connectivity index (χ1) is 7.72. The van der Waals surface area contributed by atoms with E-state index in [2.05, 4.69) is 5.32 Å². The first-order valence-corrected chi connectivity index (χ1v) is 6.25. The first kappa shape index (κ1) is 12.2. The topological polar surface area (TPSA) is 12.0 Å². The van der Waals surface area contributed by atoms with E-state index in [0.29, 0.717) is 18.0 Å². The zero-order chi connectivity index (χ0) is 11.5. The quantitative estimate of drug-likeness (QED) is 0.810. The van der Waals surface area contributed by atoms with Gasteiger partial charge in [-0.25, -0.2) is 0 Å². The summed E-state index contributed by atoms with van der Waals surface area (Å²) in [6, 6.07) is 4.00. The molecule has 1 N–H and O–H groups in total. The third-order valence-corrected chi connectivity index (χ3v) is 3.46. The maximum absolute atomic E-state index is 12.0. The van der Waals surface area contributed by atoms with E-state index in [-0.39, 0.29) is 12.7 Å². The summed E-state index contributed by atoms with van der Waals surface area (Å²) in [7, 11) is 0. The third kappa shape index (κ3) is 2.50. The Labute approximate surface area is 105 Å². The van der Waals surface area contributed by atoms with Crippen molar-refractivity contribution in [3.8, 4) is 0 Å². The molecule has 2 rings (SSSR count). The van der Waals surface area contributed by atoms with Gasteiger partial charge in [0.1, 0.15) is 0 Å². The zero-order valence-corrected chi connectivity index (χ0v) is 10.4. The van der Waals surface area contributed by atoms with Crippen molar-refractivity contribution in [2.75, 3.05) is 13.2 Å². The van der Waals surface area contributed by atoms with Gasteiger partial charge < -0.3 is 5.32 Å². The Morgan fingerprint density at radius 3 is 2.94 bits per heavy atom. The number of rotatable bonds is 4. The summed E-state index contributed by atoms with van der Waals surface area (Å²) in [6.45, 7) is 0.417. The highest BCUT2D eigenvalue weighted by Gasteiger charge is 2.24. The average Bonchev–Trinajstić information content (AvgIpc) is 2.62. The molecule has 0 fully saturated rings. The minimum atomic E-state index is -0.277. The number of halogens is 3. The van der Waals surface area contributed by atoms with Gasteiger partial charge in [-0.1, -0.05) is 23.2 Å². The second-order valence-corrected chi connectivity index (χ2v) is 4.89. The minimum absolute atomic E-state index is 0.256. The molecular weight excluding hydrogens is 248 g/mol. The van der Waals surface area contributed by atoms with Gasteiger partial charge in [-0.2, -0.15) is 0 Å². The number of benzene rings is 1. The molecule has 1 aliphatic carbocycles. The van der Waals surface area contributed by atoms with Crippen LogP contribution in [0, 0.1) is 0 Å². The second kappa shape index (κ2) is 5.35. The molecule has 0 saturated heterocycles. The van der Waals surface area contributed by atoms with Crippen LogP contribution in [0.1, 0.15) is 30.0 Å².